The van der Waals surface area contributed by atoms with E-state index in [1.807, 2.05) is 26.8 Å². The average molecular weight is 240 g/mol. The first kappa shape index (κ1) is 11.7. The number of nitrogens with two attached hydrogens (primary N) is 1. The lowest BCUT2D eigenvalue weighted by Crippen LogP contribution is -2.32. The molecule has 1 aromatic carbocycles. The quantitative estimate of drug-likeness (QED) is 0.833. The molecule has 3 heteroatoms. The zero-order valence-corrected chi connectivity index (χ0v) is 10.7. The standard InChI is InChI=1S/C13H18ClNO/c1-7-6-10(14)11(8(2)12(7)16)13(4-5-13)9(3)15/h6,9,16H,4-5,15H2,1-3H3. The maximum atomic E-state index is 9.99. The van der Waals surface area contributed by atoms with Gasteiger partial charge in [-0.1, -0.05) is 11.6 Å². The van der Waals surface area contributed by atoms with Gasteiger partial charge in [0.15, 0.2) is 0 Å². The van der Waals surface area contributed by atoms with E-state index in [0.717, 1.165) is 34.6 Å². The van der Waals surface area contributed by atoms with E-state index in [4.69, 9.17) is 17.3 Å². The molecular formula is C13H18ClNO. The van der Waals surface area contributed by atoms with E-state index in [2.05, 4.69) is 0 Å². The largest absolute Gasteiger partial charge is 0.507 e. The Hall–Kier alpha value is -0.730. The van der Waals surface area contributed by atoms with Crippen molar-refractivity contribution in [1.29, 1.82) is 0 Å². The molecule has 1 unspecified atom stereocenters. The Morgan fingerprint density at radius 3 is 2.44 bits per heavy atom. The normalized spacial score (nSPS) is 19.6. The van der Waals surface area contributed by atoms with Crippen LogP contribution in [-0.2, 0) is 5.41 Å². The van der Waals surface area contributed by atoms with Gasteiger partial charge in [0.05, 0.1) is 0 Å². The zero-order chi connectivity index (χ0) is 12.1. The summed E-state index contributed by atoms with van der Waals surface area (Å²) in [6.45, 7) is 5.80. The fraction of sp³-hybridized carbons (Fsp3) is 0.538. The van der Waals surface area contributed by atoms with Crippen LogP contribution < -0.4 is 5.73 Å². The van der Waals surface area contributed by atoms with Crippen LogP contribution >= 0.6 is 11.6 Å². The highest BCUT2D eigenvalue weighted by Crippen LogP contribution is 2.54. The number of halogens is 1. The molecule has 88 valence electrons. The van der Waals surface area contributed by atoms with Gasteiger partial charge in [0, 0.05) is 16.5 Å². The van der Waals surface area contributed by atoms with Crippen LogP contribution in [0.4, 0.5) is 0 Å². The predicted octanol–water partition coefficient (Wildman–Crippen LogP) is 3.04. The first-order valence-corrected chi connectivity index (χ1v) is 6.02. The maximum Gasteiger partial charge on any atom is 0.121 e. The number of hydrogen-bond acceptors (Lipinski definition) is 2. The SMILES string of the molecule is Cc1cc(Cl)c(C2(C(C)N)CC2)c(C)c1O. The van der Waals surface area contributed by atoms with Gasteiger partial charge in [0.1, 0.15) is 5.75 Å². The summed E-state index contributed by atoms with van der Waals surface area (Å²) in [5.74, 6) is 0.353. The van der Waals surface area contributed by atoms with Gasteiger partial charge in [0.2, 0.25) is 0 Å². The number of aromatic hydroxyl groups is 1. The van der Waals surface area contributed by atoms with Crippen LogP contribution in [0.15, 0.2) is 6.07 Å². The summed E-state index contributed by atoms with van der Waals surface area (Å²) >= 11 is 6.31. The Labute approximate surface area is 101 Å². The summed E-state index contributed by atoms with van der Waals surface area (Å²) < 4.78 is 0. The number of phenolic OH excluding ortho intramolecular Hbond substituents is 1. The second-order valence-electron chi connectivity index (χ2n) is 4.97. The molecule has 1 atom stereocenters. The monoisotopic (exact) mass is 239 g/mol. The number of aryl methyl sites for hydroxylation is 1. The summed E-state index contributed by atoms with van der Waals surface area (Å²) in [4.78, 5) is 0. The predicted molar refractivity (Wildman–Crippen MR) is 67.2 cm³/mol. The first-order valence-electron chi connectivity index (χ1n) is 5.65. The highest BCUT2D eigenvalue weighted by molar-refractivity contribution is 6.31. The van der Waals surface area contributed by atoms with Gasteiger partial charge in [-0.05, 0) is 56.4 Å². The molecule has 0 heterocycles. The minimum absolute atomic E-state index is 0.00759. The molecular weight excluding hydrogens is 222 g/mol. The molecule has 0 radical (unpaired) electrons. The van der Waals surface area contributed by atoms with E-state index in [9.17, 15) is 5.11 Å². The fourth-order valence-electron chi connectivity index (χ4n) is 2.60. The van der Waals surface area contributed by atoms with Gasteiger partial charge in [-0.2, -0.15) is 0 Å². The summed E-state index contributed by atoms with van der Waals surface area (Å²) in [6, 6.07) is 1.91. The highest BCUT2D eigenvalue weighted by Gasteiger charge is 2.49. The molecule has 16 heavy (non-hydrogen) atoms. The van der Waals surface area contributed by atoms with Crippen molar-refractivity contribution in [3.63, 3.8) is 0 Å². The van der Waals surface area contributed by atoms with Crippen LogP contribution in [0.1, 0.15) is 36.5 Å². The van der Waals surface area contributed by atoms with Crippen molar-refractivity contribution in [1.82, 2.24) is 0 Å². The lowest BCUT2D eigenvalue weighted by atomic mass is 9.85. The molecule has 1 aliphatic rings. The fourth-order valence-corrected chi connectivity index (χ4v) is 3.10. The van der Waals surface area contributed by atoms with Crippen LogP contribution in [0.2, 0.25) is 5.02 Å². The Bertz CT molecular complexity index is 436. The van der Waals surface area contributed by atoms with Gasteiger partial charge in [-0.3, -0.25) is 0 Å². The topological polar surface area (TPSA) is 46.2 Å². The van der Waals surface area contributed by atoms with E-state index >= 15 is 0 Å². The number of rotatable bonds is 2. The Kier molecular flexibility index (Phi) is 2.67. The van der Waals surface area contributed by atoms with Crippen molar-refractivity contribution in [2.45, 2.75) is 45.1 Å². The molecule has 1 aliphatic carbocycles. The molecule has 1 saturated carbocycles. The van der Waals surface area contributed by atoms with E-state index in [1.165, 1.54) is 0 Å². The number of benzene rings is 1. The molecule has 0 bridgehead atoms. The van der Waals surface area contributed by atoms with E-state index < -0.39 is 0 Å². The molecule has 1 aromatic rings. The Morgan fingerprint density at radius 2 is 2.00 bits per heavy atom. The lowest BCUT2D eigenvalue weighted by molar-refractivity contribution is 0.461. The average Bonchev–Trinajstić information content (AvgIpc) is 2.96. The highest BCUT2D eigenvalue weighted by atomic mass is 35.5. The summed E-state index contributed by atoms with van der Waals surface area (Å²) in [6.07, 6.45) is 2.13. The van der Waals surface area contributed by atoms with Crippen molar-refractivity contribution >= 4 is 11.6 Å². The second-order valence-corrected chi connectivity index (χ2v) is 5.38. The molecule has 2 rings (SSSR count). The molecule has 2 nitrogen and oxygen atoms in total. The van der Waals surface area contributed by atoms with Crippen LogP contribution in [0, 0.1) is 13.8 Å². The third-order valence-corrected chi connectivity index (χ3v) is 4.14. The Morgan fingerprint density at radius 1 is 1.44 bits per heavy atom. The van der Waals surface area contributed by atoms with Crippen molar-refractivity contribution < 1.29 is 5.11 Å². The van der Waals surface area contributed by atoms with Gasteiger partial charge in [-0.25, -0.2) is 0 Å². The second kappa shape index (κ2) is 3.64. The molecule has 0 amide bonds. The third-order valence-electron chi connectivity index (χ3n) is 3.84. The third kappa shape index (κ3) is 1.52. The van der Waals surface area contributed by atoms with Crippen molar-refractivity contribution in [3.8, 4) is 5.75 Å². The van der Waals surface area contributed by atoms with E-state index in [1.54, 1.807) is 0 Å². The lowest BCUT2D eigenvalue weighted by Gasteiger charge is -2.24. The van der Waals surface area contributed by atoms with Crippen molar-refractivity contribution in [2.24, 2.45) is 5.73 Å². The molecule has 0 saturated heterocycles. The maximum absolute atomic E-state index is 9.99. The summed E-state index contributed by atoms with van der Waals surface area (Å²) in [5, 5.41) is 10.7. The number of hydrogen-bond donors (Lipinski definition) is 2. The molecule has 0 aromatic heterocycles. The van der Waals surface area contributed by atoms with Gasteiger partial charge >= 0.3 is 0 Å². The van der Waals surface area contributed by atoms with E-state index in [-0.39, 0.29) is 11.5 Å². The van der Waals surface area contributed by atoms with Crippen molar-refractivity contribution in [3.05, 3.63) is 27.8 Å². The smallest absolute Gasteiger partial charge is 0.121 e. The molecule has 3 N–H and O–H groups in total. The molecule has 0 spiro atoms. The van der Waals surface area contributed by atoms with Gasteiger partial charge in [-0.15, -0.1) is 0 Å². The summed E-state index contributed by atoms with van der Waals surface area (Å²) in [7, 11) is 0. The minimum Gasteiger partial charge on any atom is -0.507 e. The van der Waals surface area contributed by atoms with E-state index in [0.29, 0.717) is 5.75 Å². The van der Waals surface area contributed by atoms with Gasteiger partial charge in [0.25, 0.3) is 0 Å². The van der Waals surface area contributed by atoms with Crippen LogP contribution in [-0.4, -0.2) is 11.1 Å². The Balaban J connectivity index is 2.62. The van der Waals surface area contributed by atoms with Crippen LogP contribution in [0.3, 0.4) is 0 Å². The van der Waals surface area contributed by atoms with Crippen molar-refractivity contribution in [2.75, 3.05) is 0 Å². The van der Waals surface area contributed by atoms with Gasteiger partial charge < -0.3 is 10.8 Å². The minimum atomic E-state index is -0.00759. The first-order chi connectivity index (χ1) is 7.40. The molecule has 1 fully saturated rings. The number of phenols is 1. The zero-order valence-electron chi connectivity index (χ0n) is 9.97. The van der Waals surface area contributed by atoms with Crippen LogP contribution in [0.5, 0.6) is 5.75 Å². The summed E-state index contributed by atoms with van der Waals surface area (Å²) in [5.41, 5.74) is 8.81. The van der Waals surface area contributed by atoms with Crippen LogP contribution in [0.25, 0.3) is 0 Å². The molecule has 0 aliphatic heterocycles.